The van der Waals surface area contributed by atoms with E-state index in [1.54, 1.807) is 0 Å². The Hall–Kier alpha value is -4.04. The molecule has 0 saturated carbocycles. The second kappa shape index (κ2) is 7.90. The summed E-state index contributed by atoms with van der Waals surface area (Å²) in [5, 5.41) is 5.23. The highest BCUT2D eigenvalue weighted by molar-refractivity contribution is 6.06. The Labute approximate surface area is 187 Å². The second-order valence-corrected chi connectivity index (χ2v) is 8.25. The minimum absolute atomic E-state index is 0.770. The first kappa shape index (κ1) is 18.7. The van der Waals surface area contributed by atoms with Crippen LogP contribution in [0.1, 0.15) is 33.4 Å². The Bertz CT molecular complexity index is 1510. The van der Waals surface area contributed by atoms with Gasteiger partial charge in [0, 0.05) is 23.6 Å². The van der Waals surface area contributed by atoms with Crippen LogP contribution in [0, 0.1) is 0 Å². The maximum Gasteiger partial charge on any atom is 0.0646 e. The van der Waals surface area contributed by atoms with Gasteiger partial charge in [0.1, 0.15) is 0 Å². The first-order valence-electron chi connectivity index (χ1n) is 11.0. The average molecular weight is 411 g/mol. The summed E-state index contributed by atoms with van der Waals surface area (Å²) in [6, 6.07) is 21.8. The lowest BCUT2D eigenvalue weighted by Gasteiger charge is -2.14. The van der Waals surface area contributed by atoms with Gasteiger partial charge >= 0.3 is 0 Å². The van der Waals surface area contributed by atoms with Crippen LogP contribution in [0.15, 0.2) is 95.0 Å². The van der Waals surface area contributed by atoms with Crippen molar-refractivity contribution in [1.29, 1.82) is 0 Å². The fourth-order valence-corrected chi connectivity index (χ4v) is 4.74. The summed E-state index contributed by atoms with van der Waals surface area (Å²) in [5.74, 6) is 0. The summed E-state index contributed by atoms with van der Waals surface area (Å²) in [7, 11) is 0. The largest absolute Gasteiger partial charge is 0.288 e. The summed E-state index contributed by atoms with van der Waals surface area (Å²) in [6.07, 6.45) is 16.6. The van der Waals surface area contributed by atoms with Gasteiger partial charge in [0.2, 0.25) is 0 Å². The second-order valence-electron chi connectivity index (χ2n) is 8.25. The first-order chi connectivity index (χ1) is 15.9. The maximum absolute atomic E-state index is 4.54. The Morgan fingerprint density at radius 2 is 1.38 bits per heavy atom. The molecular formula is C30H22N2. The number of hydrogen-bond donors (Lipinski definition) is 0. The monoisotopic (exact) mass is 410 g/mol. The number of nitrogens with zero attached hydrogens (tertiary/aromatic N) is 2. The van der Waals surface area contributed by atoms with E-state index in [0.717, 1.165) is 13.1 Å². The van der Waals surface area contributed by atoms with Crippen LogP contribution in [-0.2, 0) is 13.1 Å². The van der Waals surface area contributed by atoms with Crippen molar-refractivity contribution in [1.82, 2.24) is 0 Å². The highest BCUT2D eigenvalue weighted by Gasteiger charge is 2.11. The zero-order chi connectivity index (χ0) is 21.3. The van der Waals surface area contributed by atoms with Gasteiger partial charge < -0.3 is 0 Å². The molecule has 0 spiro atoms. The van der Waals surface area contributed by atoms with Crippen LogP contribution in [0.5, 0.6) is 0 Å². The van der Waals surface area contributed by atoms with E-state index in [1.165, 1.54) is 54.9 Å². The molecular weight excluding hydrogens is 388 g/mol. The number of hydrogen-bond acceptors (Lipinski definition) is 2. The van der Waals surface area contributed by atoms with E-state index in [-0.39, 0.29) is 0 Å². The Morgan fingerprint density at radius 1 is 0.625 bits per heavy atom. The van der Waals surface area contributed by atoms with Crippen LogP contribution >= 0.6 is 0 Å². The summed E-state index contributed by atoms with van der Waals surface area (Å²) in [6.45, 7) is 1.55. The highest BCUT2D eigenvalue weighted by Crippen LogP contribution is 2.29. The van der Waals surface area contributed by atoms with Crippen molar-refractivity contribution in [3.63, 3.8) is 0 Å². The molecule has 2 nitrogen and oxygen atoms in total. The average Bonchev–Trinajstić information content (AvgIpc) is 2.83. The van der Waals surface area contributed by atoms with Gasteiger partial charge in [0.15, 0.2) is 0 Å². The molecule has 0 unspecified atom stereocenters. The molecule has 0 radical (unpaired) electrons. The smallest absolute Gasteiger partial charge is 0.0646 e. The van der Waals surface area contributed by atoms with E-state index in [2.05, 4.69) is 107 Å². The van der Waals surface area contributed by atoms with E-state index in [9.17, 15) is 0 Å². The molecule has 4 aromatic rings. The third-order valence-electron chi connectivity index (χ3n) is 6.19. The van der Waals surface area contributed by atoms with Gasteiger partial charge in [0.05, 0.1) is 13.1 Å². The van der Waals surface area contributed by atoms with Gasteiger partial charge in [-0.3, -0.25) is 9.98 Å². The minimum Gasteiger partial charge on any atom is -0.288 e. The van der Waals surface area contributed by atoms with Crippen LogP contribution in [-0.4, -0.2) is 12.4 Å². The summed E-state index contributed by atoms with van der Waals surface area (Å²) < 4.78 is 0. The molecule has 0 atom stereocenters. The topological polar surface area (TPSA) is 24.7 Å². The molecule has 0 N–H and O–H groups in total. The lowest BCUT2D eigenvalue weighted by molar-refractivity contribution is 1.08. The summed E-state index contributed by atoms with van der Waals surface area (Å²) >= 11 is 0. The van der Waals surface area contributed by atoms with Gasteiger partial charge in [0.25, 0.3) is 0 Å². The molecule has 6 rings (SSSR count). The molecule has 152 valence electrons. The standard InChI is InChI=1S/C30H22N2/c1(3-7-21-15-24-10-6-11-25-17-31-19-27(16-21)29(24)25)2-4-8-22-13-14-23-9-5-12-26-18-32-20-28(22)30(23)26/h1-16,19-20H,17-18H2/b2-1+,7-3+,8-4+. The van der Waals surface area contributed by atoms with Crippen molar-refractivity contribution in [2.75, 3.05) is 0 Å². The van der Waals surface area contributed by atoms with Crippen molar-refractivity contribution in [3.8, 4) is 0 Å². The lowest BCUT2D eigenvalue weighted by atomic mass is 9.94. The Balaban J connectivity index is 1.23. The zero-order valence-electron chi connectivity index (χ0n) is 17.7. The van der Waals surface area contributed by atoms with E-state index in [4.69, 9.17) is 0 Å². The molecule has 2 aliphatic rings. The predicted molar refractivity (Wildman–Crippen MR) is 138 cm³/mol. The van der Waals surface area contributed by atoms with Crippen molar-refractivity contribution < 1.29 is 0 Å². The molecule has 2 heterocycles. The fourth-order valence-electron chi connectivity index (χ4n) is 4.74. The van der Waals surface area contributed by atoms with E-state index >= 15 is 0 Å². The number of benzene rings is 4. The summed E-state index contributed by atoms with van der Waals surface area (Å²) in [4.78, 5) is 9.04. The van der Waals surface area contributed by atoms with Crippen molar-refractivity contribution in [2.24, 2.45) is 9.98 Å². The molecule has 0 fully saturated rings. The molecule has 0 aromatic heterocycles. The first-order valence-corrected chi connectivity index (χ1v) is 11.0. The van der Waals surface area contributed by atoms with Gasteiger partial charge in [-0.25, -0.2) is 0 Å². The van der Waals surface area contributed by atoms with Crippen LogP contribution in [0.2, 0.25) is 0 Å². The van der Waals surface area contributed by atoms with Crippen LogP contribution in [0.4, 0.5) is 0 Å². The molecule has 0 aliphatic carbocycles. The number of allylic oxidation sites excluding steroid dienone is 4. The van der Waals surface area contributed by atoms with Crippen molar-refractivity contribution in [2.45, 2.75) is 13.1 Å². The molecule has 32 heavy (non-hydrogen) atoms. The van der Waals surface area contributed by atoms with Crippen LogP contribution < -0.4 is 0 Å². The van der Waals surface area contributed by atoms with Gasteiger partial charge in [-0.1, -0.05) is 85.0 Å². The quantitative estimate of drug-likeness (QED) is 0.319. The summed E-state index contributed by atoms with van der Waals surface area (Å²) in [5.41, 5.74) is 7.43. The third kappa shape index (κ3) is 3.30. The highest BCUT2D eigenvalue weighted by atomic mass is 14.7. The van der Waals surface area contributed by atoms with E-state index < -0.39 is 0 Å². The molecule has 0 bridgehead atoms. The van der Waals surface area contributed by atoms with Gasteiger partial charge in [-0.05, 0) is 55.9 Å². The van der Waals surface area contributed by atoms with Crippen LogP contribution in [0.25, 0.3) is 33.7 Å². The normalized spacial score (nSPS) is 14.6. The Kier molecular flexibility index (Phi) is 4.62. The predicted octanol–water partition coefficient (Wildman–Crippen LogP) is 7.14. The lowest BCUT2D eigenvalue weighted by Crippen LogP contribution is -1.99. The fraction of sp³-hybridized carbons (Fsp3) is 0.0667. The molecule has 4 aromatic carbocycles. The molecule has 0 saturated heterocycles. The maximum atomic E-state index is 4.54. The zero-order valence-corrected chi connectivity index (χ0v) is 17.7. The van der Waals surface area contributed by atoms with Crippen LogP contribution in [0.3, 0.4) is 0 Å². The van der Waals surface area contributed by atoms with E-state index in [1.807, 2.05) is 12.4 Å². The van der Waals surface area contributed by atoms with Crippen molar-refractivity contribution in [3.05, 3.63) is 118 Å². The van der Waals surface area contributed by atoms with Crippen molar-refractivity contribution >= 4 is 46.1 Å². The molecule has 2 aliphatic heterocycles. The van der Waals surface area contributed by atoms with Gasteiger partial charge in [-0.2, -0.15) is 0 Å². The molecule has 2 heteroatoms. The number of aliphatic imine (C=N–C) groups is 2. The Morgan fingerprint density at radius 3 is 2.25 bits per heavy atom. The number of rotatable bonds is 4. The SMILES string of the molecule is C1=NCc2cccc3cc(/C=C/C=C/C=C/c4ccc5cccc6c5c4C=NC6)cc1c23. The van der Waals surface area contributed by atoms with Gasteiger partial charge in [-0.15, -0.1) is 0 Å². The molecule has 0 amide bonds. The minimum atomic E-state index is 0.770. The third-order valence-corrected chi connectivity index (χ3v) is 6.19. The van der Waals surface area contributed by atoms with E-state index in [0.29, 0.717) is 0 Å².